The molecule has 6 heteroatoms. The number of carbonyl (C=O) groups is 1. The topological polar surface area (TPSA) is 39.2 Å². The van der Waals surface area contributed by atoms with Gasteiger partial charge in [0, 0.05) is 18.2 Å². The molecule has 1 heterocycles. The van der Waals surface area contributed by atoms with Crippen molar-refractivity contribution >= 4 is 6.29 Å². The fourth-order valence-corrected chi connectivity index (χ4v) is 0.979. The Hall–Kier alpha value is -1.59. The number of hydrogen-bond acceptors (Lipinski definition) is 3. The average molecular weight is 219 g/mol. The van der Waals surface area contributed by atoms with Crippen LogP contribution >= 0.6 is 0 Å². The summed E-state index contributed by atoms with van der Waals surface area (Å²) in [6.45, 7) is 0. The van der Waals surface area contributed by atoms with E-state index in [4.69, 9.17) is 0 Å². The lowest BCUT2D eigenvalue weighted by molar-refractivity contribution is -0.276. The van der Waals surface area contributed by atoms with Gasteiger partial charge < -0.3 is 9.53 Å². The minimum absolute atomic E-state index is 0.225. The van der Waals surface area contributed by atoms with E-state index in [1.165, 1.54) is 12.1 Å². The average Bonchev–Trinajstić information content (AvgIpc) is 2.12. The number of nitrogens with zero attached hydrogens (tertiary/aromatic N) is 1. The van der Waals surface area contributed by atoms with Crippen molar-refractivity contribution in [2.75, 3.05) is 0 Å². The molecule has 0 bridgehead atoms. The van der Waals surface area contributed by atoms with E-state index in [2.05, 4.69) is 9.72 Å². The molecular formula is C9H8F3NO2. The Morgan fingerprint density at radius 3 is 2.73 bits per heavy atom. The molecule has 0 saturated carbocycles. The van der Waals surface area contributed by atoms with Crippen LogP contribution in [0.2, 0.25) is 0 Å². The number of alkyl halides is 3. The maximum Gasteiger partial charge on any atom is 0.574 e. The van der Waals surface area contributed by atoms with Gasteiger partial charge in [-0.25, -0.2) is 4.98 Å². The minimum atomic E-state index is -4.74. The first-order valence-electron chi connectivity index (χ1n) is 4.16. The number of pyridine rings is 1. The summed E-state index contributed by atoms with van der Waals surface area (Å²) >= 11 is 0. The molecule has 0 spiro atoms. The Kier molecular flexibility index (Phi) is 3.65. The fourth-order valence-electron chi connectivity index (χ4n) is 0.979. The molecule has 3 nitrogen and oxygen atoms in total. The van der Waals surface area contributed by atoms with Crippen molar-refractivity contribution in [3.8, 4) is 5.88 Å². The quantitative estimate of drug-likeness (QED) is 0.728. The first-order valence-corrected chi connectivity index (χ1v) is 4.16. The van der Waals surface area contributed by atoms with Crippen molar-refractivity contribution in [1.29, 1.82) is 0 Å². The monoisotopic (exact) mass is 219 g/mol. The number of aldehydes is 1. The predicted octanol–water partition coefficient (Wildman–Crippen LogP) is 2.11. The Labute approximate surface area is 83.9 Å². The van der Waals surface area contributed by atoms with E-state index >= 15 is 0 Å². The van der Waals surface area contributed by atoms with E-state index in [1.54, 1.807) is 0 Å². The van der Waals surface area contributed by atoms with Crippen molar-refractivity contribution in [1.82, 2.24) is 4.98 Å². The number of halogens is 3. The molecule has 1 aromatic heterocycles. The van der Waals surface area contributed by atoms with Gasteiger partial charge in [-0.2, -0.15) is 0 Å². The van der Waals surface area contributed by atoms with Crippen LogP contribution in [-0.4, -0.2) is 17.6 Å². The number of hydrogen-bond donors (Lipinski definition) is 0. The summed E-state index contributed by atoms with van der Waals surface area (Å²) in [6, 6.07) is 4.04. The Balaban J connectivity index is 2.69. The highest BCUT2D eigenvalue weighted by Gasteiger charge is 2.31. The van der Waals surface area contributed by atoms with E-state index in [0.29, 0.717) is 18.4 Å². The minimum Gasteiger partial charge on any atom is -0.388 e. The molecule has 0 fully saturated rings. The van der Waals surface area contributed by atoms with Gasteiger partial charge in [0.2, 0.25) is 5.88 Å². The molecule has 0 N–H and O–H groups in total. The van der Waals surface area contributed by atoms with Crippen molar-refractivity contribution in [2.24, 2.45) is 0 Å². The normalized spacial score (nSPS) is 11.1. The molecule has 0 aliphatic carbocycles. The van der Waals surface area contributed by atoms with Crippen molar-refractivity contribution in [3.05, 3.63) is 23.9 Å². The zero-order valence-electron chi connectivity index (χ0n) is 7.62. The molecule has 0 aliphatic rings. The standard InChI is InChI=1S/C9H8F3NO2/c10-9(11,12)15-8-5-1-3-7(13-8)4-2-6-14/h1,3,5-6H,2,4H2. The zero-order chi connectivity index (χ0) is 11.3. The lowest BCUT2D eigenvalue weighted by Crippen LogP contribution is -2.18. The van der Waals surface area contributed by atoms with Gasteiger partial charge in [-0.05, 0) is 12.5 Å². The molecule has 0 aliphatic heterocycles. The second-order valence-electron chi connectivity index (χ2n) is 2.72. The number of carbonyl (C=O) groups excluding carboxylic acids is 1. The third-order valence-corrected chi connectivity index (χ3v) is 1.52. The van der Waals surface area contributed by atoms with Gasteiger partial charge in [0.15, 0.2) is 0 Å². The molecular weight excluding hydrogens is 211 g/mol. The maximum atomic E-state index is 11.8. The number of ether oxygens (including phenoxy) is 1. The van der Waals surface area contributed by atoms with Crippen LogP contribution in [0.3, 0.4) is 0 Å². The molecule has 0 aromatic carbocycles. The summed E-state index contributed by atoms with van der Waals surface area (Å²) < 4.78 is 39.0. The predicted molar refractivity (Wildman–Crippen MR) is 45.3 cm³/mol. The number of rotatable bonds is 4. The third-order valence-electron chi connectivity index (χ3n) is 1.52. The van der Waals surface area contributed by atoms with Gasteiger partial charge in [0.25, 0.3) is 0 Å². The van der Waals surface area contributed by atoms with E-state index in [-0.39, 0.29) is 6.42 Å². The maximum absolute atomic E-state index is 11.8. The van der Waals surface area contributed by atoms with Gasteiger partial charge in [-0.15, -0.1) is 13.2 Å². The van der Waals surface area contributed by atoms with E-state index < -0.39 is 12.2 Å². The Morgan fingerprint density at radius 2 is 2.13 bits per heavy atom. The Bertz CT molecular complexity index is 338. The first-order chi connectivity index (χ1) is 7.01. The van der Waals surface area contributed by atoms with Crippen LogP contribution in [0.25, 0.3) is 0 Å². The largest absolute Gasteiger partial charge is 0.574 e. The van der Waals surface area contributed by atoms with Crippen LogP contribution in [-0.2, 0) is 11.2 Å². The summed E-state index contributed by atoms with van der Waals surface area (Å²) in [5, 5.41) is 0. The molecule has 0 radical (unpaired) electrons. The smallest absolute Gasteiger partial charge is 0.388 e. The second kappa shape index (κ2) is 4.77. The SMILES string of the molecule is O=CCCc1cccc(OC(F)(F)F)n1. The van der Waals surface area contributed by atoms with Crippen LogP contribution < -0.4 is 4.74 Å². The highest BCUT2D eigenvalue weighted by atomic mass is 19.4. The molecule has 1 rings (SSSR count). The summed E-state index contributed by atoms with van der Waals surface area (Å²) in [5.41, 5.74) is 0.392. The van der Waals surface area contributed by atoms with E-state index in [1.807, 2.05) is 0 Å². The molecule has 0 saturated heterocycles. The van der Waals surface area contributed by atoms with Crippen LogP contribution in [0, 0.1) is 0 Å². The second-order valence-corrected chi connectivity index (χ2v) is 2.72. The van der Waals surface area contributed by atoms with Crippen molar-refractivity contribution < 1.29 is 22.7 Å². The van der Waals surface area contributed by atoms with Crippen LogP contribution in [0.15, 0.2) is 18.2 Å². The van der Waals surface area contributed by atoms with Crippen LogP contribution in [0.5, 0.6) is 5.88 Å². The molecule has 0 amide bonds. The van der Waals surface area contributed by atoms with E-state index in [9.17, 15) is 18.0 Å². The molecule has 0 unspecified atom stereocenters. The van der Waals surface area contributed by atoms with Gasteiger partial charge in [-0.1, -0.05) is 6.07 Å². The van der Waals surface area contributed by atoms with E-state index in [0.717, 1.165) is 6.07 Å². The summed E-state index contributed by atoms with van der Waals surface area (Å²) in [4.78, 5) is 13.6. The van der Waals surface area contributed by atoms with Gasteiger partial charge in [0.05, 0.1) is 0 Å². The van der Waals surface area contributed by atoms with Gasteiger partial charge >= 0.3 is 6.36 Å². The van der Waals surface area contributed by atoms with Crippen molar-refractivity contribution in [2.45, 2.75) is 19.2 Å². The van der Waals surface area contributed by atoms with Gasteiger partial charge in [-0.3, -0.25) is 0 Å². The lowest BCUT2D eigenvalue weighted by atomic mass is 10.2. The Morgan fingerprint density at radius 1 is 1.40 bits per heavy atom. The van der Waals surface area contributed by atoms with Gasteiger partial charge in [0.1, 0.15) is 6.29 Å². The van der Waals surface area contributed by atoms with Crippen LogP contribution in [0.1, 0.15) is 12.1 Å². The fraction of sp³-hybridized carbons (Fsp3) is 0.333. The highest BCUT2D eigenvalue weighted by molar-refractivity contribution is 5.49. The summed E-state index contributed by atoms with van der Waals surface area (Å²) in [7, 11) is 0. The van der Waals surface area contributed by atoms with Crippen LogP contribution in [0.4, 0.5) is 13.2 Å². The number of aromatic nitrogens is 1. The van der Waals surface area contributed by atoms with Crippen molar-refractivity contribution in [3.63, 3.8) is 0 Å². The highest BCUT2D eigenvalue weighted by Crippen LogP contribution is 2.20. The molecule has 0 atom stereocenters. The third kappa shape index (κ3) is 4.44. The lowest BCUT2D eigenvalue weighted by Gasteiger charge is -2.08. The molecule has 1 aromatic rings. The summed E-state index contributed by atoms with van der Waals surface area (Å²) in [6.07, 6.45) is -3.53. The molecule has 82 valence electrons. The number of aryl methyl sites for hydroxylation is 1. The molecule has 15 heavy (non-hydrogen) atoms. The first kappa shape index (κ1) is 11.5. The zero-order valence-corrected chi connectivity index (χ0v) is 7.62. The summed E-state index contributed by atoms with van der Waals surface area (Å²) in [5.74, 6) is -0.508.